The second-order valence-electron chi connectivity index (χ2n) is 5.96. The van der Waals surface area contributed by atoms with Gasteiger partial charge >= 0.3 is 12.1 Å². The lowest BCUT2D eigenvalue weighted by molar-refractivity contribution is -0.154. The van der Waals surface area contributed by atoms with E-state index in [1.54, 1.807) is 27.7 Å². The molecule has 0 aromatic rings. The second kappa shape index (κ2) is 4.78. The first-order chi connectivity index (χ1) is 8.13. The molecular formula is C13H23NO4. The van der Waals surface area contributed by atoms with Gasteiger partial charge in [-0.15, -0.1) is 0 Å². The van der Waals surface area contributed by atoms with Crippen molar-refractivity contribution in [3.05, 3.63) is 0 Å². The number of hydrogen-bond acceptors (Lipinski definition) is 4. The Morgan fingerprint density at radius 3 is 2.33 bits per heavy atom. The van der Waals surface area contributed by atoms with E-state index in [-0.39, 0.29) is 5.92 Å². The highest BCUT2D eigenvalue weighted by Gasteiger charge is 2.52. The van der Waals surface area contributed by atoms with E-state index in [1.165, 1.54) is 12.0 Å². The lowest BCUT2D eigenvalue weighted by Gasteiger charge is -2.36. The lowest BCUT2D eigenvalue weighted by Crippen LogP contribution is -2.55. The second-order valence-corrected chi connectivity index (χ2v) is 5.96. The standard InChI is InChI=1S/C13H23NO4/c1-9-7-8-14(11(16)18-12(2,3)4)13(9,5)10(15)17-6/h9H,7-8H2,1-6H3. The first-order valence-corrected chi connectivity index (χ1v) is 6.22. The van der Waals surface area contributed by atoms with Crippen LogP contribution < -0.4 is 0 Å². The molecule has 0 saturated carbocycles. The third-order valence-corrected chi connectivity index (χ3v) is 3.52. The number of amides is 1. The molecule has 1 saturated heterocycles. The Morgan fingerprint density at radius 2 is 1.89 bits per heavy atom. The van der Waals surface area contributed by atoms with Crippen LogP contribution in [0.2, 0.25) is 0 Å². The van der Waals surface area contributed by atoms with Crippen LogP contribution in [0.15, 0.2) is 0 Å². The molecule has 0 radical (unpaired) electrons. The van der Waals surface area contributed by atoms with Gasteiger partial charge in [-0.1, -0.05) is 6.92 Å². The number of rotatable bonds is 1. The number of nitrogens with zero attached hydrogens (tertiary/aromatic N) is 1. The van der Waals surface area contributed by atoms with Crippen molar-refractivity contribution in [1.29, 1.82) is 0 Å². The number of ether oxygens (including phenoxy) is 2. The Bertz CT molecular complexity index is 347. The molecule has 0 spiro atoms. The van der Waals surface area contributed by atoms with Gasteiger partial charge in [0, 0.05) is 6.54 Å². The number of carbonyl (C=O) groups is 2. The van der Waals surface area contributed by atoms with Crippen molar-refractivity contribution in [1.82, 2.24) is 4.90 Å². The molecule has 2 atom stereocenters. The number of carbonyl (C=O) groups excluding carboxylic acids is 2. The van der Waals surface area contributed by atoms with Crippen LogP contribution in [0.1, 0.15) is 41.0 Å². The molecule has 1 aliphatic heterocycles. The van der Waals surface area contributed by atoms with E-state index >= 15 is 0 Å². The molecule has 1 fully saturated rings. The summed E-state index contributed by atoms with van der Waals surface area (Å²) in [5.74, 6) is -0.337. The fourth-order valence-electron chi connectivity index (χ4n) is 2.22. The van der Waals surface area contributed by atoms with E-state index in [2.05, 4.69) is 0 Å². The van der Waals surface area contributed by atoms with Crippen LogP contribution in [-0.4, -0.2) is 41.8 Å². The third kappa shape index (κ3) is 2.60. The third-order valence-electron chi connectivity index (χ3n) is 3.52. The van der Waals surface area contributed by atoms with Gasteiger partial charge in [0.15, 0.2) is 0 Å². The van der Waals surface area contributed by atoms with Crippen LogP contribution in [0.4, 0.5) is 4.79 Å². The Morgan fingerprint density at radius 1 is 1.33 bits per heavy atom. The van der Waals surface area contributed by atoms with Crippen molar-refractivity contribution >= 4 is 12.1 Å². The molecule has 0 bridgehead atoms. The molecule has 0 aliphatic carbocycles. The largest absolute Gasteiger partial charge is 0.467 e. The molecule has 2 unspecified atom stereocenters. The quantitative estimate of drug-likeness (QED) is 0.676. The van der Waals surface area contributed by atoms with Gasteiger partial charge in [-0.2, -0.15) is 0 Å². The van der Waals surface area contributed by atoms with Crippen molar-refractivity contribution in [2.24, 2.45) is 5.92 Å². The number of methoxy groups -OCH3 is 1. The van der Waals surface area contributed by atoms with E-state index in [0.717, 1.165) is 6.42 Å². The summed E-state index contributed by atoms with van der Waals surface area (Å²) in [4.78, 5) is 25.6. The Labute approximate surface area is 108 Å². The summed E-state index contributed by atoms with van der Waals surface area (Å²) in [6.45, 7) is 9.61. The minimum Gasteiger partial charge on any atom is -0.467 e. The monoisotopic (exact) mass is 257 g/mol. The van der Waals surface area contributed by atoms with Gasteiger partial charge in [0.2, 0.25) is 0 Å². The first kappa shape index (κ1) is 14.8. The van der Waals surface area contributed by atoms with Gasteiger partial charge in [0.25, 0.3) is 0 Å². The van der Waals surface area contributed by atoms with Gasteiger partial charge in [-0.3, -0.25) is 4.90 Å². The minimum absolute atomic E-state index is 0.0532. The predicted molar refractivity (Wildman–Crippen MR) is 67.1 cm³/mol. The summed E-state index contributed by atoms with van der Waals surface area (Å²) >= 11 is 0. The van der Waals surface area contributed by atoms with Crippen molar-refractivity contribution < 1.29 is 19.1 Å². The van der Waals surface area contributed by atoms with Crippen LogP contribution in [0.25, 0.3) is 0 Å². The Kier molecular flexibility index (Phi) is 3.93. The number of hydrogen-bond donors (Lipinski definition) is 0. The summed E-state index contributed by atoms with van der Waals surface area (Å²) in [7, 11) is 1.34. The van der Waals surface area contributed by atoms with E-state index in [9.17, 15) is 9.59 Å². The summed E-state index contributed by atoms with van der Waals surface area (Å²) in [6.07, 6.45) is 0.310. The molecule has 0 aromatic heterocycles. The van der Waals surface area contributed by atoms with Crippen LogP contribution in [0.5, 0.6) is 0 Å². The van der Waals surface area contributed by atoms with Crippen molar-refractivity contribution in [3.63, 3.8) is 0 Å². The molecule has 104 valence electrons. The highest BCUT2D eigenvalue weighted by atomic mass is 16.6. The predicted octanol–water partition coefficient (Wildman–Crippen LogP) is 2.20. The Hall–Kier alpha value is -1.26. The van der Waals surface area contributed by atoms with Gasteiger partial charge in [-0.25, -0.2) is 9.59 Å². The number of likely N-dealkylation sites (tertiary alicyclic amines) is 1. The first-order valence-electron chi connectivity index (χ1n) is 6.22. The summed E-state index contributed by atoms with van der Waals surface area (Å²) in [5, 5.41) is 0. The fraction of sp³-hybridized carbons (Fsp3) is 0.846. The zero-order chi connectivity index (χ0) is 14.1. The maximum atomic E-state index is 12.1. The van der Waals surface area contributed by atoms with E-state index in [1.807, 2.05) is 6.92 Å². The molecule has 1 amide bonds. The van der Waals surface area contributed by atoms with Gasteiger partial charge in [0.1, 0.15) is 11.1 Å². The molecule has 5 heteroatoms. The smallest absolute Gasteiger partial charge is 0.411 e. The fourth-order valence-corrected chi connectivity index (χ4v) is 2.22. The molecule has 5 nitrogen and oxygen atoms in total. The van der Waals surface area contributed by atoms with Crippen molar-refractivity contribution in [2.75, 3.05) is 13.7 Å². The normalized spacial score (nSPS) is 28.1. The maximum absolute atomic E-state index is 12.1. The Balaban J connectivity index is 2.94. The highest BCUT2D eigenvalue weighted by molar-refractivity contribution is 5.86. The van der Waals surface area contributed by atoms with Crippen LogP contribution in [0.3, 0.4) is 0 Å². The molecule has 1 heterocycles. The average Bonchev–Trinajstić information content (AvgIpc) is 2.53. The topological polar surface area (TPSA) is 55.8 Å². The number of esters is 1. The van der Waals surface area contributed by atoms with E-state index < -0.39 is 23.2 Å². The van der Waals surface area contributed by atoms with E-state index in [0.29, 0.717) is 6.54 Å². The van der Waals surface area contributed by atoms with Crippen molar-refractivity contribution in [3.8, 4) is 0 Å². The zero-order valence-electron chi connectivity index (χ0n) is 12.1. The van der Waals surface area contributed by atoms with Gasteiger partial charge in [-0.05, 0) is 40.0 Å². The summed E-state index contributed by atoms with van der Waals surface area (Å²) in [5.41, 5.74) is -1.50. The van der Waals surface area contributed by atoms with E-state index in [4.69, 9.17) is 9.47 Å². The summed E-state index contributed by atoms with van der Waals surface area (Å²) < 4.78 is 10.2. The van der Waals surface area contributed by atoms with Crippen LogP contribution in [0, 0.1) is 5.92 Å². The van der Waals surface area contributed by atoms with Gasteiger partial charge < -0.3 is 9.47 Å². The molecule has 1 aliphatic rings. The molecular weight excluding hydrogens is 234 g/mol. The highest BCUT2D eigenvalue weighted by Crippen LogP contribution is 2.36. The molecule has 0 aromatic carbocycles. The maximum Gasteiger partial charge on any atom is 0.411 e. The molecule has 0 N–H and O–H groups in total. The van der Waals surface area contributed by atoms with Crippen LogP contribution in [-0.2, 0) is 14.3 Å². The molecule has 1 rings (SSSR count). The summed E-state index contributed by atoms with van der Waals surface area (Å²) in [6, 6.07) is 0. The minimum atomic E-state index is -0.933. The molecule has 18 heavy (non-hydrogen) atoms. The average molecular weight is 257 g/mol. The SMILES string of the molecule is COC(=O)C1(C)C(C)CCN1C(=O)OC(C)(C)C. The van der Waals surface area contributed by atoms with Crippen LogP contribution >= 0.6 is 0 Å². The van der Waals surface area contributed by atoms with Gasteiger partial charge in [0.05, 0.1) is 7.11 Å². The van der Waals surface area contributed by atoms with Crippen molar-refractivity contribution in [2.45, 2.75) is 52.2 Å². The lowest BCUT2D eigenvalue weighted by atomic mass is 9.88. The zero-order valence-corrected chi connectivity index (χ0v) is 12.1.